The zero-order valence-electron chi connectivity index (χ0n) is 14.8. The highest BCUT2D eigenvalue weighted by atomic mass is 19.1. The van der Waals surface area contributed by atoms with Crippen molar-refractivity contribution in [3.63, 3.8) is 0 Å². The zero-order valence-corrected chi connectivity index (χ0v) is 14.8. The summed E-state index contributed by atoms with van der Waals surface area (Å²) in [7, 11) is 1.41. The summed E-state index contributed by atoms with van der Waals surface area (Å²) >= 11 is 0. The Hall–Kier alpha value is -3.59. The molecule has 0 radical (unpaired) electrons. The van der Waals surface area contributed by atoms with Crippen LogP contribution in [0.3, 0.4) is 0 Å². The summed E-state index contributed by atoms with van der Waals surface area (Å²) in [6.07, 6.45) is 5.46. The monoisotopic (exact) mass is 363 g/mol. The maximum Gasteiger partial charge on any atom is 0.248 e. The highest BCUT2D eigenvalue weighted by Crippen LogP contribution is 2.25. The smallest absolute Gasteiger partial charge is 0.248 e. The van der Waals surface area contributed by atoms with E-state index < -0.39 is 5.82 Å². The molecule has 5 nitrogen and oxygen atoms in total. The molecule has 3 aromatic rings. The molecule has 0 unspecified atom stereocenters. The molecule has 2 aromatic carbocycles. The summed E-state index contributed by atoms with van der Waals surface area (Å²) in [6, 6.07) is 13.9. The number of nitrogens with zero attached hydrogens (tertiary/aromatic N) is 2. The van der Waals surface area contributed by atoms with Gasteiger partial charge in [-0.05, 0) is 24.3 Å². The number of hydrogen-bond donors (Lipinski definition) is 1. The lowest BCUT2D eigenvalue weighted by Crippen LogP contribution is -2.09. The molecule has 1 N–H and O–H groups in total. The zero-order chi connectivity index (χ0) is 19.2. The molecule has 0 fully saturated rings. The quantitative estimate of drug-likeness (QED) is 0.662. The Kier molecular flexibility index (Phi) is 5.53. The van der Waals surface area contributed by atoms with Crippen LogP contribution in [0.4, 0.5) is 10.1 Å². The highest BCUT2D eigenvalue weighted by Gasteiger charge is 2.08. The predicted octanol–water partition coefficient (Wildman–Crippen LogP) is 4.35. The van der Waals surface area contributed by atoms with Crippen LogP contribution in [0.25, 0.3) is 17.0 Å². The molecular formula is C21H18FN3O2. The van der Waals surface area contributed by atoms with Crippen molar-refractivity contribution in [2.45, 2.75) is 13.0 Å². The average molecular weight is 363 g/mol. The van der Waals surface area contributed by atoms with Gasteiger partial charge in [0, 0.05) is 41.4 Å². The minimum absolute atomic E-state index is 0.254. The number of aromatic nitrogens is 1. The third kappa shape index (κ3) is 4.15. The minimum atomic E-state index is -0.439. The number of benzene rings is 2. The number of hydrogen-bond acceptors (Lipinski definition) is 3. The lowest BCUT2D eigenvalue weighted by molar-refractivity contribution is -0.111. The lowest BCUT2D eigenvalue weighted by Gasteiger charge is -2.08. The Morgan fingerprint density at radius 2 is 2.15 bits per heavy atom. The first-order chi connectivity index (χ1) is 13.1. The van der Waals surface area contributed by atoms with Gasteiger partial charge in [0.05, 0.1) is 25.3 Å². The van der Waals surface area contributed by atoms with E-state index in [2.05, 4.69) is 11.4 Å². The summed E-state index contributed by atoms with van der Waals surface area (Å²) in [5, 5.41) is 12.5. The molecule has 0 bridgehead atoms. The Morgan fingerprint density at radius 3 is 2.93 bits per heavy atom. The summed E-state index contributed by atoms with van der Waals surface area (Å²) in [5.41, 5.74) is 2.28. The number of fused-ring (bicyclic) bond motifs is 1. The van der Waals surface area contributed by atoms with E-state index in [-0.39, 0.29) is 11.7 Å². The fraction of sp³-hybridized carbons (Fsp3) is 0.143. The number of methoxy groups -OCH3 is 1. The molecule has 0 aliphatic rings. The molecule has 1 amide bonds. The van der Waals surface area contributed by atoms with Crippen molar-refractivity contribution in [2.24, 2.45) is 0 Å². The second kappa shape index (κ2) is 8.19. The van der Waals surface area contributed by atoms with E-state index >= 15 is 0 Å². The van der Waals surface area contributed by atoms with Crippen LogP contribution in [0, 0.1) is 17.1 Å². The Bertz CT molecular complexity index is 1050. The molecule has 27 heavy (non-hydrogen) atoms. The van der Waals surface area contributed by atoms with Gasteiger partial charge in [0.15, 0.2) is 0 Å². The third-order valence-electron chi connectivity index (χ3n) is 4.12. The average Bonchev–Trinajstić information content (AvgIpc) is 3.04. The SMILES string of the molecule is COc1cc(F)ccc1NC(=O)C=Cc1cn(CCC#N)c2ccccc12. The fourth-order valence-corrected chi connectivity index (χ4v) is 2.87. The van der Waals surface area contributed by atoms with Gasteiger partial charge in [-0.2, -0.15) is 5.26 Å². The van der Waals surface area contributed by atoms with Gasteiger partial charge in [-0.3, -0.25) is 4.79 Å². The molecule has 0 atom stereocenters. The van der Waals surface area contributed by atoms with Gasteiger partial charge in [0.25, 0.3) is 0 Å². The van der Waals surface area contributed by atoms with E-state index in [9.17, 15) is 9.18 Å². The Balaban J connectivity index is 1.82. The summed E-state index contributed by atoms with van der Waals surface area (Å²) in [4.78, 5) is 12.3. The van der Waals surface area contributed by atoms with Gasteiger partial charge in [0.1, 0.15) is 11.6 Å². The standard InChI is InChI=1S/C21H18FN3O2/c1-27-20-13-16(22)8-9-18(20)24-21(26)10-7-15-14-25(12-4-11-23)19-6-3-2-5-17(15)19/h2-3,5-10,13-14H,4,12H2,1H3,(H,24,26). The van der Waals surface area contributed by atoms with Crippen LogP contribution in [-0.4, -0.2) is 17.6 Å². The molecule has 0 aliphatic heterocycles. The van der Waals surface area contributed by atoms with Crippen LogP contribution in [0.1, 0.15) is 12.0 Å². The van der Waals surface area contributed by atoms with E-state index in [0.29, 0.717) is 18.7 Å². The Morgan fingerprint density at radius 1 is 1.33 bits per heavy atom. The largest absolute Gasteiger partial charge is 0.494 e. The summed E-state index contributed by atoms with van der Waals surface area (Å²) in [6.45, 7) is 0.587. The predicted molar refractivity (Wildman–Crippen MR) is 103 cm³/mol. The Labute approximate surface area is 156 Å². The summed E-state index contributed by atoms with van der Waals surface area (Å²) < 4.78 is 20.3. The lowest BCUT2D eigenvalue weighted by atomic mass is 10.1. The van der Waals surface area contributed by atoms with Crippen LogP contribution < -0.4 is 10.1 Å². The van der Waals surface area contributed by atoms with Crippen LogP contribution in [0.15, 0.2) is 54.7 Å². The number of nitrogens with one attached hydrogen (secondary N) is 1. The number of nitriles is 1. The van der Waals surface area contributed by atoms with Crippen molar-refractivity contribution in [3.8, 4) is 11.8 Å². The summed E-state index contributed by atoms with van der Waals surface area (Å²) in [5.74, 6) is -0.538. The number of halogens is 1. The fourth-order valence-electron chi connectivity index (χ4n) is 2.87. The van der Waals surface area contributed by atoms with Crippen molar-refractivity contribution < 1.29 is 13.9 Å². The molecule has 0 aliphatic carbocycles. The van der Waals surface area contributed by atoms with Gasteiger partial charge < -0.3 is 14.6 Å². The number of anilines is 1. The number of para-hydroxylation sites is 1. The maximum absolute atomic E-state index is 13.3. The first-order valence-electron chi connectivity index (χ1n) is 8.40. The highest BCUT2D eigenvalue weighted by molar-refractivity contribution is 6.04. The first-order valence-corrected chi connectivity index (χ1v) is 8.40. The molecule has 6 heteroatoms. The molecule has 3 rings (SSSR count). The maximum atomic E-state index is 13.3. The molecule has 136 valence electrons. The van der Waals surface area contributed by atoms with Crippen LogP contribution in [-0.2, 0) is 11.3 Å². The van der Waals surface area contributed by atoms with Crippen molar-refractivity contribution >= 4 is 28.6 Å². The van der Waals surface area contributed by atoms with Gasteiger partial charge in [-0.1, -0.05) is 18.2 Å². The third-order valence-corrected chi connectivity index (χ3v) is 4.12. The van der Waals surface area contributed by atoms with Crippen molar-refractivity contribution in [3.05, 3.63) is 66.1 Å². The van der Waals surface area contributed by atoms with E-state index in [4.69, 9.17) is 10.00 Å². The normalized spacial score (nSPS) is 10.9. The molecular weight excluding hydrogens is 345 g/mol. The number of carbonyl (C=O) groups excluding carboxylic acids is 1. The van der Waals surface area contributed by atoms with Crippen LogP contribution in [0.5, 0.6) is 5.75 Å². The van der Waals surface area contributed by atoms with Crippen molar-refractivity contribution in [2.75, 3.05) is 12.4 Å². The van der Waals surface area contributed by atoms with E-state index in [1.807, 2.05) is 35.0 Å². The van der Waals surface area contributed by atoms with E-state index in [1.54, 1.807) is 6.08 Å². The second-order valence-corrected chi connectivity index (χ2v) is 5.87. The number of ether oxygens (including phenoxy) is 1. The molecule has 0 spiro atoms. The first kappa shape index (κ1) is 18.2. The van der Waals surface area contributed by atoms with Crippen molar-refractivity contribution in [1.29, 1.82) is 5.26 Å². The number of aryl methyl sites for hydroxylation is 1. The van der Waals surface area contributed by atoms with E-state index in [1.165, 1.54) is 31.4 Å². The molecule has 1 heterocycles. The van der Waals surface area contributed by atoms with Gasteiger partial charge in [0.2, 0.25) is 5.91 Å². The molecule has 0 saturated carbocycles. The molecule has 1 aromatic heterocycles. The van der Waals surface area contributed by atoms with E-state index in [0.717, 1.165) is 16.5 Å². The number of amides is 1. The number of rotatable bonds is 6. The topological polar surface area (TPSA) is 67.0 Å². The van der Waals surface area contributed by atoms with Crippen molar-refractivity contribution in [1.82, 2.24) is 4.57 Å². The minimum Gasteiger partial charge on any atom is -0.494 e. The van der Waals surface area contributed by atoms with Gasteiger partial charge >= 0.3 is 0 Å². The van der Waals surface area contributed by atoms with Gasteiger partial charge in [-0.25, -0.2) is 4.39 Å². The van der Waals surface area contributed by atoms with Crippen LogP contribution in [0.2, 0.25) is 0 Å². The second-order valence-electron chi connectivity index (χ2n) is 5.87. The van der Waals surface area contributed by atoms with Crippen LogP contribution >= 0.6 is 0 Å². The molecule has 0 saturated heterocycles. The number of carbonyl (C=O) groups is 1. The van der Waals surface area contributed by atoms with Gasteiger partial charge in [-0.15, -0.1) is 0 Å².